The maximum absolute atomic E-state index is 12.0. The van der Waals surface area contributed by atoms with Crippen molar-refractivity contribution in [3.63, 3.8) is 0 Å². The largest absolute Gasteiger partial charge is 0.397 e. The molecule has 6 heteroatoms. The van der Waals surface area contributed by atoms with Crippen LogP contribution in [-0.4, -0.2) is 26.6 Å². The van der Waals surface area contributed by atoms with Crippen LogP contribution in [0, 0.1) is 6.92 Å². The smallest absolute Gasteiger partial charge is 0.235 e. The van der Waals surface area contributed by atoms with Gasteiger partial charge in [0.2, 0.25) is 5.91 Å². The molecular weight excluding hydrogens is 252 g/mol. The number of hydrogen-bond donors (Lipinski definition) is 2. The van der Waals surface area contributed by atoms with Crippen molar-refractivity contribution in [3.8, 4) is 0 Å². The van der Waals surface area contributed by atoms with Crippen molar-refractivity contribution in [1.82, 2.24) is 5.32 Å². The fourth-order valence-electron chi connectivity index (χ4n) is 1.49. The summed E-state index contributed by atoms with van der Waals surface area (Å²) in [4.78, 5) is 11.5. The van der Waals surface area contributed by atoms with E-state index in [0.717, 1.165) is 6.42 Å². The highest BCUT2D eigenvalue weighted by Gasteiger charge is 2.21. The number of para-hydroxylation sites is 1. The van der Waals surface area contributed by atoms with E-state index in [1.54, 1.807) is 19.1 Å². The minimum atomic E-state index is -3.68. The molecule has 0 unspecified atom stereocenters. The zero-order valence-corrected chi connectivity index (χ0v) is 11.4. The number of rotatable bonds is 5. The molecule has 1 aromatic carbocycles. The standard InChI is InChI=1S/C12H18N2O3S/c1-3-7-14-11(15)8-18(16,17)10-6-4-5-9(2)12(10)13/h4-6H,3,7-8,13H2,1-2H3,(H,14,15). The number of benzene rings is 1. The first kappa shape index (κ1) is 14.5. The lowest BCUT2D eigenvalue weighted by Gasteiger charge is -2.09. The van der Waals surface area contributed by atoms with E-state index in [1.165, 1.54) is 6.07 Å². The van der Waals surface area contributed by atoms with E-state index in [0.29, 0.717) is 12.1 Å². The number of aryl methyl sites for hydroxylation is 1. The molecule has 0 aliphatic heterocycles. The summed E-state index contributed by atoms with van der Waals surface area (Å²) in [5, 5.41) is 2.53. The number of nitrogens with two attached hydrogens (primary N) is 1. The van der Waals surface area contributed by atoms with Gasteiger partial charge in [0.15, 0.2) is 9.84 Å². The monoisotopic (exact) mass is 270 g/mol. The van der Waals surface area contributed by atoms with Gasteiger partial charge in [-0.3, -0.25) is 4.79 Å². The Morgan fingerprint density at radius 3 is 2.67 bits per heavy atom. The molecule has 0 saturated carbocycles. The molecule has 0 atom stereocenters. The molecule has 1 amide bonds. The molecule has 1 rings (SSSR count). The summed E-state index contributed by atoms with van der Waals surface area (Å²) in [7, 11) is -3.68. The van der Waals surface area contributed by atoms with Crippen molar-refractivity contribution in [2.45, 2.75) is 25.2 Å². The van der Waals surface area contributed by atoms with Gasteiger partial charge in [0.25, 0.3) is 0 Å². The predicted molar refractivity (Wildman–Crippen MR) is 70.9 cm³/mol. The number of anilines is 1. The zero-order valence-electron chi connectivity index (χ0n) is 10.6. The Balaban J connectivity index is 2.93. The number of sulfone groups is 1. The SMILES string of the molecule is CCCNC(=O)CS(=O)(=O)c1cccc(C)c1N. The Labute approximate surface area is 107 Å². The number of carbonyl (C=O) groups is 1. The van der Waals surface area contributed by atoms with E-state index in [1.807, 2.05) is 6.92 Å². The van der Waals surface area contributed by atoms with E-state index in [9.17, 15) is 13.2 Å². The summed E-state index contributed by atoms with van der Waals surface area (Å²) in [6.07, 6.45) is 0.762. The van der Waals surface area contributed by atoms with Crippen molar-refractivity contribution < 1.29 is 13.2 Å². The van der Waals surface area contributed by atoms with E-state index in [2.05, 4.69) is 5.32 Å². The molecule has 0 heterocycles. The van der Waals surface area contributed by atoms with Crippen LogP contribution in [0.3, 0.4) is 0 Å². The maximum Gasteiger partial charge on any atom is 0.235 e. The highest BCUT2D eigenvalue weighted by molar-refractivity contribution is 7.92. The predicted octanol–water partition coefficient (Wildman–Crippen LogP) is 0.877. The Kier molecular flexibility index (Phi) is 4.72. The second kappa shape index (κ2) is 5.86. The van der Waals surface area contributed by atoms with Gasteiger partial charge in [-0.15, -0.1) is 0 Å². The molecule has 0 bridgehead atoms. The maximum atomic E-state index is 12.0. The minimum Gasteiger partial charge on any atom is -0.397 e. The molecule has 0 aliphatic carbocycles. The van der Waals surface area contributed by atoms with E-state index in [4.69, 9.17) is 5.73 Å². The number of hydrogen-bond acceptors (Lipinski definition) is 4. The molecule has 0 radical (unpaired) electrons. The highest BCUT2D eigenvalue weighted by atomic mass is 32.2. The molecule has 0 saturated heterocycles. The average molecular weight is 270 g/mol. The first-order valence-corrected chi connectivity index (χ1v) is 7.38. The molecule has 0 fully saturated rings. The van der Waals surface area contributed by atoms with Crippen LogP contribution in [0.2, 0.25) is 0 Å². The summed E-state index contributed by atoms with van der Waals surface area (Å²) in [6, 6.07) is 4.76. The first-order valence-electron chi connectivity index (χ1n) is 5.73. The molecule has 3 N–H and O–H groups in total. The average Bonchev–Trinajstić information content (AvgIpc) is 2.29. The van der Waals surface area contributed by atoms with Crippen molar-refractivity contribution in [2.75, 3.05) is 18.0 Å². The van der Waals surface area contributed by atoms with Gasteiger partial charge >= 0.3 is 0 Å². The molecule has 18 heavy (non-hydrogen) atoms. The van der Waals surface area contributed by atoms with Crippen molar-refractivity contribution in [3.05, 3.63) is 23.8 Å². The topological polar surface area (TPSA) is 89.3 Å². The van der Waals surface area contributed by atoms with E-state index >= 15 is 0 Å². The highest BCUT2D eigenvalue weighted by Crippen LogP contribution is 2.22. The lowest BCUT2D eigenvalue weighted by Crippen LogP contribution is -2.31. The number of amides is 1. The van der Waals surface area contributed by atoms with Gasteiger partial charge in [-0.05, 0) is 25.0 Å². The Hall–Kier alpha value is -1.56. The van der Waals surface area contributed by atoms with E-state index < -0.39 is 21.5 Å². The summed E-state index contributed by atoms with van der Waals surface area (Å²) in [6.45, 7) is 4.09. The normalized spacial score (nSPS) is 11.2. The van der Waals surface area contributed by atoms with Gasteiger partial charge in [0.05, 0.1) is 10.6 Å². The quantitative estimate of drug-likeness (QED) is 0.777. The van der Waals surface area contributed by atoms with Gasteiger partial charge in [0.1, 0.15) is 5.75 Å². The van der Waals surface area contributed by atoms with Crippen LogP contribution in [0.1, 0.15) is 18.9 Å². The molecule has 1 aromatic rings. The van der Waals surface area contributed by atoms with Crippen LogP contribution in [0.5, 0.6) is 0 Å². The van der Waals surface area contributed by atoms with E-state index in [-0.39, 0.29) is 10.6 Å². The number of nitrogen functional groups attached to an aromatic ring is 1. The lowest BCUT2D eigenvalue weighted by atomic mass is 10.2. The van der Waals surface area contributed by atoms with Gasteiger partial charge in [-0.25, -0.2) is 8.42 Å². The number of carbonyl (C=O) groups excluding carboxylic acids is 1. The summed E-state index contributed by atoms with van der Waals surface area (Å²) < 4.78 is 24.1. The van der Waals surface area contributed by atoms with Gasteiger partial charge < -0.3 is 11.1 Å². The van der Waals surface area contributed by atoms with Crippen LogP contribution in [-0.2, 0) is 14.6 Å². The summed E-state index contributed by atoms with van der Waals surface area (Å²) >= 11 is 0. The second-order valence-corrected chi connectivity index (χ2v) is 6.05. The van der Waals surface area contributed by atoms with Crippen molar-refractivity contribution in [2.24, 2.45) is 0 Å². The Bertz CT molecular complexity index is 538. The molecular formula is C12H18N2O3S. The lowest BCUT2D eigenvalue weighted by molar-refractivity contribution is -0.118. The van der Waals surface area contributed by atoms with Crippen molar-refractivity contribution in [1.29, 1.82) is 0 Å². The van der Waals surface area contributed by atoms with Crippen molar-refractivity contribution >= 4 is 21.4 Å². The molecule has 0 aromatic heterocycles. The molecule has 5 nitrogen and oxygen atoms in total. The zero-order chi connectivity index (χ0) is 13.8. The van der Waals surface area contributed by atoms with Gasteiger partial charge in [0, 0.05) is 6.54 Å². The molecule has 0 aliphatic rings. The third-order valence-electron chi connectivity index (χ3n) is 2.51. The van der Waals surface area contributed by atoms with Crippen LogP contribution < -0.4 is 11.1 Å². The van der Waals surface area contributed by atoms with Gasteiger partial charge in [-0.1, -0.05) is 19.1 Å². The fraction of sp³-hybridized carbons (Fsp3) is 0.417. The first-order chi connectivity index (χ1) is 8.38. The summed E-state index contributed by atoms with van der Waals surface area (Å²) in [5.41, 5.74) is 6.63. The third-order valence-corrected chi connectivity index (χ3v) is 4.18. The molecule has 100 valence electrons. The Morgan fingerprint density at radius 2 is 2.06 bits per heavy atom. The van der Waals surface area contributed by atoms with Crippen LogP contribution in [0.15, 0.2) is 23.1 Å². The summed E-state index contributed by atoms with van der Waals surface area (Å²) in [5.74, 6) is -1.07. The molecule has 0 spiro atoms. The number of nitrogens with one attached hydrogen (secondary N) is 1. The third kappa shape index (κ3) is 3.46. The minimum absolute atomic E-state index is 0.0224. The van der Waals surface area contributed by atoms with Crippen LogP contribution in [0.4, 0.5) is 5.69 Å². The fourth-order valence-corrected chi connectivity index (χ4v) is 2.88. The second-order valence-electron chi connectivity index (χ2n) is 4.10. The van der Waals surface area contributed by atoms with Gasteiger partial charge in [-0.2, -0.15) is 0 Å². The van der Waals surface area contributed by atoms with Crippen LogP contribution >= 0.6 is 0 Å². The Morgan fingerprint density at radius 1 is 1.39 bits per heavy atom. The van der Waals surface area contributed by atoms with Crippen LogP contribution in [0.25, 0.3) is 0 Å².